The first kappa shape index (κ1) is 14.0. The van der Waals surface area contributed by atoms with E-state index in [1.54, 1.807) is 0 Å². The zero-order valence-electron chi connectivity index (χ0n) is 13.4. The third-order valence-electron chi connectivity index (χ3n) is 6.02. The van der Waals surface area contributed by atoms with Crippen molar-refractivity contribution < 1.29 is 0 Å². The Hall–Kier alpha value is -1.61. The number of fused-ring (bicyclic) bond motifs is 1. The predicted octanol–water partition coefficient (Wildman–Crippen LogP) is 4.03. The van der Waals surface area contributed by atoms with E-state index < -0.39 is 0 Å². The third kappa shape index (κ3) is 2.19. The monoisotopic (exact) mass is 295 g/mol. The fourth-order valence-electron chi connectivity index (χ4n) is 4.78. The standard InChI is InChI=1S/C19H25N3/c1-2-19-9-3-8-18(19)21(13-10-19)15-17-7-5-12-22(17)16-6-4-11-20-14-16/h4-7,11-12,14,18H,2-3,8-10,13,15H2,1H3. The Kier molecular flexibility index (Phi) is 3.53. The molecule has 2 atom stereocenters. The molecule has 2 aromatic heterocycles. The van der Waals surface area contributed by atoms with E-state index >= 15 is 0 Å². The van der Waals surface area contributed by atoms with Crippen molar-refractivity contribution in [2.75, 3.05) is 6.54 Å². The van der Waals surface area contributed by atoms with Crippen LogP contribution in [0.4, 0.5) is 0 Å². The Morgan fingerprint density at radius 2 is 2.23 bits per heavy atom. The first-order valence-electron chi connectivity index (χ1n) is 8.63. The largest absolute Gasteiger partial charge is 0.318 e. The van der Waals surface area contributed by atoms with Crippen LogP contribution in [-0.2, 0) is 6.54 Å². The molecule has 3 nitrogen and oxygen atoms in total. The van der Waals surface area contributed by atoms with Crippen LogP contribution in [0.5, 0.6) is 0 Å². The Morgan fingerprint density at radius 1 is 1.27 bits per heavy atom. The molecule has 2 aliphatic rings. The maximum atomic E-state index is 4.26. The van der Waals surface area contributed by atoms with Crippen LogP contribution in [0, 0.1) is 5.41 Å². The van der Waals surface area contributed by atoms with Crippen LogP contribution in [-0.4, -0.2) is 27.0 Å². The fraction of sp³-hybridized carbons (Fsp3) is 0.526. The minimum Gasteiger partial charge on any atom is -0.318 e. The Morgan fingerprint density at radius 3 is 3.05 bits per heavy atom. The third-order valence-corrected chi connectivity index (χ3v) is 6.02. The molecular formula is C19H25N3. The molecule has 0 radical (unpaired) electrons. The molecule has 4 rings (SSSR count). The molecular weight excluding hydrogens is 270 g/mol. The highest BCUT2D eigenvalue weighted by molar-refractivity contribution is 5.32. The van der Waals surface area contributed by atoms with E-state index in [4.69, 9.17) is 0 Å². The van der Waals surface area contributed by atoms with Gasteiger partial charge in [-0.2, -0.15) is 0 Å². The van der Waals surface area contributed by atoms with Crippen LogP contribution in [0.25, 0.3) is 5.69 Å². The molecule has 2 aromatic rings. The van der Waals surface area contributed by atoms with E-state index in [9.17, 15) is 0 Å². The van der Waals surface area contributed by atoms with Crippen LogP contribution in [0.2, 0.25) is 0 Å². The van der Waals surface area contributed by atoms with Gasteiger partial charge < -0.3 is 4.57 Å². The van der Waals surface area contributed by atoms with Crippen molar-refractivity contribution in [3.8, 4) is 5.69 Å². The zero-order valence-corrected chi connectivity index (χ0v) is 13.4. The molecule has 2 fully saturated rings. The fourth-order valence-corrected chi connectivity index (χ4v) is 4.78. The molecule has 1 aliphatic heterocycles. The summed E-state index contributed by atoms with van der Waals surface area (Å²) >= 11 is 0. The van der Waals surface area contributed by atoms with E-state index in [1.807, 2.05) is 18.5 Å². The van der Waals surface area contributed by atoms with Gasteiger partial charge in [-0.3, -0.25) is 9.88 Å². The van der Waals surface area contributed by atoms with Gasteiger partial charge in [-0.25, -0.2) is 0 Å². The highest BCUT2D eigenvalue weighted by atomic mass is 15.2. The minimum atomic E-state index is 0.617. The van der Waals surface area contributed by atoms with Crippen molar-refractivity contribution in [3.05, 3.63) is 48.5 Å². The number of hydrogen-bond donors (Lipinski definition) is 0. The summed E-state index contributed by atoms with van der Waals surface area (Å²) in [4.78, 5) is 6.99. The number of pyridine rings is 1. The summed E-state index contributed by atoms with van der Waals surface area (Å²) in [6.07, 6.45) is 12.9. The van der Waals surface area contributed by atoms with Gasteiger partial charge in [-0.05, 0) is 61.9 Å². The van der Waals surface area contributed by atoms with Gasteiger partial charge in [0.15, 0.2) is 0 Å². The van der Waals surface area contributed by atoms with Crippen LogP contribution < -0.4 is 0 Å². The van der Waals surface area contributed by atoms with Gasteiger partial charge in [0.05, 0.1) is 11.9 Å². The molecule has 0 bridgehead atoms. The Labute approximate surface area is 133 Å². The molecule has 0 N–H and O–H groups in total. The van der Waals surface area contributed by atoms with Gasteiger partial charge in [-0.1, -0.05) is 13.3 Å². The number of nitrogens with zero attached hydrogens (tertiary/aromatic N) is 3. The molecule has 0 aromatic carbocycles. The Bertz CT molecular complexity index is 633. The zero-order chi connectivity index (χ0) is 15.0. The first-order chi connectivity index (χ1) is 10.8. The molecule has 3 heteroatoms. The molecule has 1 aliphatic carbocycles. The maximum absolute atomic E-state index is 4.26. The van der Waals surface area contributed by atoms with Crippen molar-refractivity contribution in [3.63, 3.8) is 0 Å². The average Bonchev–Trinajstić information content (AvgIpc) is 3.25. The lowest BCUT2D eigenvalue weighted by Gasteiger charge is -2.31. The van der Waals surface area contributed by atoms with Crippen LogP contribution in [0.3, 0.4) is 0 Å². The van der Waals surface area contributed by atoms with Crippen molar-refractivity contribution in [2.24, 2.45) is 5.41 Å². The van der Waals surface area contributed by atoms with Gasteiger partial charge in [-0.15, -0.1) is 0 Å². The predicted molar refractivity (Wildman–Crippen MR) is 89.0 cm³/mol. The molecule has 0 spiro atoms. The van der Waals surface area contributed by atoms with Gasteiger partial charge in [0, 0.05) is 30.7 Å². The molecule has 116 valence electrons. The van der Waals surface area contributed by atoms with Crippen molar-refractivity contribution in [2.45, 2.75) is 51.6 Å². The van der Waals surface area contributed by atoms with Gasteiger partial charge in [0.1, 0.15) is 0 Å². The van der Waals surface area contributed by atoms with E-state index in [-0.39, 0.29) is 0 Å². The number of rotatable bonds is 4. The van der Waals surface area contributed by atoms with E-state index in [2.05, 4.69) is 45.8 Å². The molecule has 1 saturated heterocycles. The summed E-state index contributed by atoms with van der Waals surface area (Å²) in [5.41, 5.74) is 3.16. The van der Waals surface area contributed by atoms with Crippen molar-refractivity contribution in [1.29, 1.82) is 0 Å². The second-order valence-electron chi connectivity index (χ2n) is 6.93. The highest BCUT2D eigenvalue weighted by Gasteiger charge is 2.48. The van der Waals surface area contributed by atoms with E-state index in [0.717, 1.165) is 18.3 Å². The molecule has 3 heterocycles. The minimum absolute atomic E-state index is 0.617. The number of aromatic nitrogens is 2. The molecule has 22 heavy (non-hydrogen) atoms. The van der Waals surface area contributed by atoms with Crippen LogP contribution in [0.1, 0.15) is 44.7 Å². The van der Waals surface area contributed by atoms with Crippen LogP contribution >= 0.6 is 0 Å². The van der Waals surface area contributed by atoms with Crippen LogP contribution in [0.15, 0.2) is 42.9 Å². The molecule has 2 unspecified atom stereocenters. The Balaban J connectivity index is 1.57. The SMILES string of the molecule is CCC12CCCC1N(Cc1cccn1-c1cccnc1)CC2. The normalized spacial score (nSPS) is 28.1. The van der Waals surface area contributed by atoms with Gasteiger partial charge >= 0.3 is 0 Å². The summed E-state index contributed by atoms with van der Waals surface area (Å²) in [6.45, 7) is 4.71. The maximum Gasteiger partial charge on any atom is 0.0636 e. The van der Waals surface area contributed by atoms with E-state index in [1.165, 1.54) is 44.3 Å². The molecule has 0 amide bonds. The summed E-state index contributed by atoms with van der Waals surface area (Å²) in [5.74, 6) is 0. The second kappa shape index (κ2) is 5.54. The summed E-state index contributed by atoms with van der Waals surface area (Å²) < 4.78 is 2.29. The van der Waals surface area contributed by atoms with Crippen molar-refractivity contribution >= 4 is 0 Å². The smallest absolute Gasteiger partial charge is 0.0636 e. The quantitative estimate of drug-likeness (QED) is 0.849. The lowest BCUT2D eigenvalue weighted by molar-refractivity contribution is 0.171. The average molecular weight is 295 g/mol. The molecule has 1 saturated carbocycles. The highest BCUT2D eigenvalue weighted by Crippen LogP contribution is 2.51. The summed E-state index contributed by atoms with van der Waals surface area (Å²) in [5, 5.41) is 0. The van der Waals surface area contributed by atoms with Crippen molar-refractivity contribution in [1.82, 2.24) is 14.5 Å². The second-order valence-corrected chi connectivity index (χ2v) is 6.93. The number of likely N-dealkylation sites (tertiary alicyclic amines) is 1. The van der Waals surface area contributed by atoms with E-state index in [0.29, 0.717) is 5.41 Å². The van der Waals surface area contributed by atoms with Gasteiger partial charge in [0.2, 0.25) is 0 Å². The van der Waals surface area contributed by atoms with Gasteiger partial charge in [0.25, 0.3) is 0 Å². The lowest BCUT2D eigenvalue weighted by Crippen LogP contribution is -2.35. The summed E-state index contributed by atoms with van der Waals surface area (Å²) in [6, 6.07) is 9.35. The summed E-state index contributed by atoms with van der Waals surface area (Å²) in [7, 11) is 0. The first-order valence-corrected chi connectivity index (χ1v) is 8.63. The topological polar surface area (TPSA) is 21.1 Å². The number of hydrogen-bond acceptors (Lipinski definition) is 2. The lowest BCUT2D eigenvalue weighted by atomic mass is 9.80.